The SMILES string of the molecule is CC/C=C\Oc1ccc(Cl)cc1C. The minimum atomic E-state index is 0.740. The Morgan fingerprint density at radius 3 is 2.85 bits per heavy atom. The summed E-state index contributed by atoms with van der Waals surface area (Å²) >= 11 is 5.80. The molecule has 0 aliphatic rings. The van der Waals surface area contributed by atoms with Crippen LogP contribution in [-0.4, -0.2) is 0 Å². The Morgan fingerprint density at radius 1 is 1.46 bits per heavy atom. The predicted octanol–water partition coefficient (Wildman–Crippen LogP) is 3.95. The van der Waals surface area contributed by atoms with E-state index < -0.39 is 0 Å². The van der Waals surface area contributed by atoms with Gasteiger partial charge in [-0.05, 0) is 43.2 Å². The van der Waals surface area contributed by atoms with Crippen LogP contribution in [0, 0.1) is 6.92 Å². The van der Waals surface area contributed by atoms with Crippen molar-refractivity contribution < 1.29 is 4.74 Å². The van der Waals surface area contributed by atoms with Gasteiger partial charge in [0.05, 0.1) is 6.26 Å². The molecule has 1 nitrogen and oxygen atoms in total. The lowest BCUT2D eigenvalue weighted by Crippen LogP contribution is -1.85. The maximum Gasteiger partial charge on any atom is 0.129 e. The van der Waals surface area contributed by atoms with Crippen LogP contribution in [0.3, 0.4) is 0 Å². The smallest absolute Gasteiger partial charge is 0.129 e. The highest BCUT2D eigenvalue weighted by Crippen LogP contribution is 2.21. The minimum absolute atomic E-state index is 0.740. The molecule has 0 aromatic heterocycles. The fourth-order valence-electron chi connectivity index (χ4n) is 0.963. The van der Waals surface area contributed by atoms with Crippen LogP contribution in [-0.2, 0) is 0 Å². The van der Waals surface area contributed by atoms with Gasteiger partial charge in [-0.3, -0.25) is 0 Å². The predicted molar refractivity (Wildman–Crippen MR) is 56.2 cm³/mol. The van der Waals surface area contributed by atoms with Gasteiger partial charge in [-0.15, -0.1) is 0 Å². The van der Waals surface area contributed by atoms with Crippen molar-refractivity contribution in [1.29, 1.82) is 0 Å². The van der Waals surface area contributed by atoms with Crippen LogP contribution in [0.2, 0.25) is 5.02 Å². The molecule has 0 heterocycles. The number of ether oxygens (including phenoxy) is 1. The molecule has 70 valence electrons. The van der Waals surface area contributed by atoms with Gasteiger partial charge in [0.1, 0.15) is 5.75 Å². The zero-order valence-electron chi connectivity index (χ0n) is 7.88. The highest BCUT2D eigenvalue weighted by molar-refractivity contribution is 6.30. The third-order valence-corrected chi connectivity index (χ3v) is 1.90. The summed E-state index contributed by atoms with van der Waals surface area (Å²) in [6.07, 6.45) is 4.65. The van der Waals surface area contributed by atoms with E-state index in [0.717, 1.165) is 22.8 Å². The first-order chi connectivity index (χ1) is 6.24. The van der Waals surface area contributed by atoms with E-state index in [1.807, 2.05) is 31.2 Å². The van der Waals surface area contributed by atoms with Crippen molar-refractivity contribution in [3.05, 3.63) is 41.1 Å². The molecule has 0 bridgehead atoms. The second-order valence-electron chi connectivity index (χ2n) is 2.81. The molecule has 0 aliphatic heterocycles. The van der Waals surface area contributed by atoms with E-state index in [1.54, 1.807) is 6.26 Å². The summed E-state index contributed by atoms with van der Waals surface area (Å²) in [5.74, 6) is 0.856. The monoisotopic (exact) mass is 196 g/mol. The zero-order chi connectivity index (χ0) is 9.68. The highest BCUT2D eigenvalue weighted by atomic mass is 35.5. The Morgan fingerprint density at radius 2 is 2.23 bits per heavy atom. The molecule has 0 saturated carbocycles. The minimum Gasteiger partial charge on any atom is -0.465 e. The number of hydrogen-bond donors (Lipinski definition) is 0. The van der Waals surface area contributed by atoms with Crippen molar-refractivity contribution in [2.24, 2.45) is 0 Å². The number of allylic oxidation sites excluding steroid dienone is 1. The second kappa shape index (κ2) is 4.93. The van der Waals surface area contributed by atoms with Crippen LogP contribution in [0.1, 0.15) is 18.9 Å². The molecular formula is C11H13ClO. The second-order valence-corrected chi connectivity index (χ2v) is 3.24. The van der Waals surface area contributed by atoms with Crippen molar-refractivity contribution in [3.8, 4) is 5.75 Å². The summed E-state index contributed by atoms with van der Waals surface area (Å²) in [5.41, 5.74) is 1.05. The molecule has 1 aromatic carbocycles. The molecule has 0 fully saturated rings. The van der Waals surface area contributed by atoms with Gasteiger partial charge in [-0.2, -0.15) is 0 Å². The number of hydrogen-bond acceptors (Lipinski definition) is 1. The third kappa shape index (κ3) is 3.11. The van der Waals surface area contributed by atoms with E-state index in [0.29, 0.717) is 0 Å². The molecule has 0 unspecified atom stereocenters. The molecule has 2 heteroatoms. The highest BCUT2D eigenvalue weighted by Gasteiger charge is 1.97. The summed E-state index contributed by atoms with van der Waals surface area (Å²) in [4.78, 5) is 0. The third-order valence-electron chi connectivity index (χ3n) is 1.66. The maximum atomic E-state index is 5.80. The molecule has 0 spiro atoms. The van der Waals surface area contributed by atoms with Gasteiger partial charge in [0.25, 0.3) is 0 Å². The van der Waals surface area contributed by atoms with Crippen LogP contribution in [0.25, 0.3) is 0 Å². The number of benzene rings is 1. The summed E-state index contributed by atoms with van der Waals surface area (Å²) in [5, 5.41) is 0.740. The van der Waals surface area contributed by atoms with Crippen molar-refractivity contribution >= 4 is 11.6 Å². The lowest BCUT2D eigenvalue weighted by atomic mass is 10.2. The lowest BCUT2D eigenvalue weighted by Gasteiger charge is -2.03. The molecule has 0 atom stereocenters. The van der Waals surface area contributed by atoms with Gasteiger partial charge >= 0.3 is 0 Å². The maximum absolute atomic E-state index is 5.80. The molecule has 1 rings (SSSR count). The van der Waals surface area contributed by atoms with Crippen molar-refractivity contribution in [2.45, 2.75) is 20.3 Å². The van der Waals surface area contributed by atoms with Gasteiger partial charge in [-0.1, -0.05) is 18.5 Å². The van der Waals surface area contributed by atoms with Crippen LogP contribution in [0.15, 0.2) is 30.5 Å². The van der Waals surface area contributed by atoms with E-state index >= 15 is 0 Å². The van der Waals surface area contributed by atoms with Crippen LogP contribution in [0.4, 0.5) is 0 Å². The molecule has 0 amide bonds. The van der Waals surface area contributed by atoms with Crippen LogP contribution in [0.5, 0.6) is 5.75 Å². The summed E-state index contributed by atoms with van der Waals surface area (Å²) in [6.45, 7) is 4.04. The molecule has 0 radical (unpaired) electrons. The van der Waals surface area contributed by atoms with Crippen molar-refractivity contribution in [3.63, 3.8) is 0 Å². The van der Waals surface area contributed by atoms with E-state index in [-0.39, 0.29) is 0 Å². The van der Waals surface area contributed by atoms with Crippen molar-refractivity contribution in [1.82, 2.24) is 0 Å². The Balaban J connectivity index is 2.72. The Labute approximate surface area is 84.0 Å². The molecule has 0 saturated heterocycles. The topological polar surface area (TPSA) is 9.23 Å². The van der Waals surface area contributed by atoms with Gasteiger partial charge in [0.15, 0.2) is 0 Å². The standard InChI is InChI=1S/C11H13ClO/c1-3-4-7-13-11-6-5-10(12)8-9(11)2/h4-8H,3H2,1-2H3/b7-4-. The summed E-state index contributed by atoms with van der Waals surface area (Å²) < 4.78 is 5.39. The van der Waals surface area contributed by atoms with Gasteiger partial charge in [0, 0.05) is 5.02 Å². The zero-order valence-corrected chi connectivity index (χ0v) is 8.64. The van der Waals surface area contributed by atoms with Gasteiger partial charge < -0.3 is 4.74 Å². The molecule has 13 heavy (non-hydrogen) atoms. The van der Waals surface area contributed by atoms with E-state index in [4.69, 9.17) is 16.3 Å². The first kappa shape index (κ1) is 10.1. The molecule has 0 aliphatic carbocycles. The summed E-state index contributed by atoms with van der Waals surface area (Å²) in [7, 11) is 0. The molecule has 1 aromatic rings. The lowest BCUT2D eigenvalue weighted by molar-refractivity contribution is 0.475. The Hall–Kier alpha value is -0.950. The normalized spacial score (nSPS) is 10.7. The average Bonchev–Trinajstić information content (AvgIpc) is 2.09. The van der Waals surface area contributed by atoms with Gasteiger partial charge in [-0.25, -0.2) is 0 Å². The van der Waals surface area contributed by atoms with Gasteiger partial charge in [0.2, 0.25) is 0 Å². The Kier molecular flexibility index (Phi) is 3.84. The first-order valence-electron chi connectivity index (χ1n) is 4.32. The quantitative estimate of drug-likeness (QED) is 0.666. The van der Waals surface area contributed by atoms with Crippen molar-refractivity contribution in [2.75, 3.05) is 0 Å². The number of rotatable bonds is 3. The molecule has 0 N–H and O–H groups in total. The fraction of sp³-hybridized carbons (Fsp3) is 0.273. The number of aryl methyl sites for hydroxylation is 1. The fourth-order valence-corrected chi connectivity index (χ4v) is 1.19. The van der Waals surface area contributed by atoms with E-state index in [2.05, 4.69) is 6.92 Å². The van der Waals surface area contributed by atoms with E-state index in [9.17, 15) is 0 Å². The number of halogens is 1. The molecular weight excluding hydrogens is 184 g/mol. The van der Waals surface area contributed by atoms with Crippen LogP contribution < -0.4 is 4.74 Å². The Bertz CT molecular complexity index is 305. The summed E-state index contributed by atoms with van der Waals surface area (Å²) in [6, 6.07) is 5.58. The van der Waals surface area contributed by atoms with Crippen LogP contribution >= 0.6 is 11.6 Å². The van der Waals surface area contributed by atoms with E-state index in [1.165, 1.54) is 0 Å². The largest absolute Gasteiger partial charge is 0.465 e. The first-order valence-corrected chi connectivity index (χ1v) is 4.69. The average molecular weight is 197 g/mol.